The Balaban J connectivity index is 1.01. The number of aromatic nitrogens is 2. The van der Waals surface area contributed by atoms with Gasteiger partial charge in [0, 0.05) is 32.6 Å². The average molecular weight is 787 g/mol. The third kappa shape index (κ3) is 5.23. The summed E-state index contributed by atoms with van der Waals surface area (Å²) in [5.41, 5.74) is 14.5. The second-order valence-corrected chi connectivity index (χ2v) is 16.5. The molecule has 2 aromatic heterocycles. The van der Waals surface area contributed by atoms with Crippen molar-refractivity contribution in [2.45, 2.75) is 0 Å². The van der Waals surface area contributed by atoms with E-state index in [9.17, 15) is 0 Å². The molecular weight excluding hydrogens is 749 g/mol. The highest BCUT2D eigenvalue weighted by atomic mass is 15.0. The maximum atomic E-state index is 2.50. The van der Waals surface area contributed by atoms with E-state index in [0.29, 0.717) is 0 Å². The summed E-state index contributed by atoms with van der Waals surface area (Å²) in [6.07, 6.45) is 0. The molecule has 62 heavy (non-hydrogen) atoms. The van der Waals surface area contributed by atoms with Crippen LogP contribution in [0.5, 0.6) is 0 Å². The van der Waals surface area contributed by atoms with Crippen LogP contribution in [0.3, 0.4) is 0 Å². The molecule has 2 nitrogen and oxygen atoms in total. The van der Waals surface area contributed by atoms with E-state index >= 15 is 0 Å². The normalized spacial score (nSPS) is 11.9. The van der Waals surface area contributed by atoms with Gasteiger partial charge in [-0.3, -0.25) is 0 Å². The number of hydrogen-bond acceptors (Lipinski definition) is 0. The van der Waals surface area contributed by atoms with Crippen LogP contribution in [0.2, 0.25) is 0 Å². The third-order valence-corrected chi connectivity index (χ3v) is 13.1. The number of fused-ring (bicyclic) bond motifs is 12. The van der Waals surface area contributed by atoms with Crippen LogP contribution < -0.4 is 0 Å². The average Bonchev–Trinajstić information content (AvgIpc) is 3.86. The van der Waals surface area contributed by atoms with Crippen LogP contribution in [-0.4, -0.2) is 9.13 Å². The van der Waals surface area contributed by atoms with E-state index in [4.69, 9.17) is 0 Å². The maximum absolute atomic E-state index is 2.50. The Morgan fingerprint density at radius 2 is 0.629 bits per heavy atom. The molecule has 0 fully saturated rings. The SMILES string of the molecule is c1ccc(-c2cccc(-c3ccc4c(c3)c3ccccc3c3cccc(-n5c6ccccc6c6cc(-c7ccc8c(c7)c7ccccc7n8-c7ccccc7)ccc65)c34)c2)cc1. The smallest absolute Gasteiger partial charge is 0.0547 e. The van der Waals surface area contributed by atoms with Gasteiger partial charge >= 0.3 is 0 Å². The Morgan fingerprint density at radius 1 is 0.210 bits per heavy atom. The summed E-state index contributed by atoms with van der Waals surface area (Å²) in [5.74, 6) is 0. The van der Waals surface area contributed by atoms with Gasteiger partial charge < -0.3 is 9.13 Å². The van der Waals surface area contributed by atoms with Crippen LogP contribution in [0.15, 0.2) is 231 Å². The minimum absolute atomic E-state index is 1.17. The first-order valence-corrected chi connectivity index (χ1v) is 21.4. The van der Waals surface area contributed by atoms with Crippen LogP contribution >= 0.6 is 0 Å². The van der Waals surface area contributed by atoms with Crippen molar-refractivity contribution in [2.24, 2.45) is 0 Å². The van der Waals surface area contributed by atoms with Gasteiger partial charge in [0.1, 0.15) is 0 Å². The Kier molecular flexibility index (Phi) is 7.64. The zero-order valence-electron chi connectivity index (χ0n) is 33.8. The molecule has 0 aliphatic heterocycles. The Labute approximate surface area is 358 Å². The minimum atomic E-state index is 1.17. The van der Waals surface area contributed by atoms with E-state index in [1.807, 2.05) is 0 Å². The minimum Gasteiger partial charge on any atom is -0.309 e. The van der Waals surface area contributed by atoms with Gasteiger partial charge in [0.25, 0.3) is 0 Å². The molecule has 0 spiro atoms. The van der Waals surface area contributed by atoms with E-state index in [-0.39, 0.29) is 0 Å². The fraction of sp³-hybridized carbons (Fsp3) is 0. The molecule has 0 aliphatic carbocycles. The Hall–Kier alpha value is -8.20. The molecule has 0 saturated carbocycles. The zero-order chi connectivity index (χ0) is 40.7. The first kappa shape index (κ1) is 34.6. The molecule has 13 rings (SSSR count). The van der Waals surface area contributed by atoms with Crippen molar-refractivity contribution in [2.75, 3.05) is 0 Å². The van der Waals surface area contributed by atoms with Crippen molar-refractivity contribution in [1.29, 1.82) is 0 Å². The molecule has 13 aromatic rings. The number of hydrogen-bond donors (Lipinski definition) is 0. The van der Waals surface area contributed by atoms with Crippen LogP contribution in [0.25, 0.3) is 121 Å². The second-order valence-electron chi connectivity index (χ2n) is 16.5. The molecule has 0 radical (unpaired) electrons. The van der Waals surface area contributed by atoms with E-state index < -0.39 is 0 Å². The molecule has 288 valence electrons. The van der Waals surface area contributed by atoms with Gasteiger partial charge in [-0.05, 0) is 127 Å². The molecule has 11 aromatic carbocycles. The predicted octanol–water partition coefficient (Wildman–Crippen LogP) is 16.3. The Morgan fingerprint density at radius 3 is 1.31 bits per heavy atom. The van der Waals surface area contributed by atoms with E-state index in [1.54, 1.807) is 0 Å². The highest BCUT2D eigenvalue weighted by Gasteiger charge is 2.19. The van der Waals surface area contributed by atoms with E-state index in [0.717, 1.165) is 0 Å². The molecule has 0 aliphatic rings. The quantitative estimate of drug-likeness (QED) is 0.154. The highest BCUT2D eigenvalue weighted by Crippen LogP contribution is 2.44. The lowest BCUT2D eigenvalue weighted by Gasteiger charge is -2.17. The van der Waals surface area contributed by atoms with Gasteiger partial charge in [-0.15, -0.1) is 0 Å². The molecular formula is C60H38N2. The highest BCUT2D eigenvalue weighted by molar-refractivity contribution is 6.28. The van der Waals surface area contributed by atoms with Crippen molar-refractivity contribution in [1.82, 2.24) is 9.13 Å². The lowest BCUT2D eigenvalue weighted by molar-refractivity contribution is 1.18. The topological polar surface area (TPSA) is 9.86 Å². The standard InChI is InChI=1S/C60H38N2/c1-3-15-39(16-4-1)40-17-13-18-41(35-40)42-29-32-51-52(36-42)47-22-8-7-21-46(47)50-25-14-28-59(60(50)51)62-56-27-12-10-24-49(56)54-38-44(31-34-58(54)62)43-30-33-57-53(37-43)48-23-9-11-26-55(48)61(57)45-19-5-2-6-20-45/h1-38H. The summed E-state index contributed by atoms with van der Waals surface area (Å²) in [7, 11) is 0. The van der Waals surface area contributed by atoms with Crippen LogP contribution in [0, 0.1) is 0 Å². The summed E-state index contributed by atoms with van der Waals surface area (Å²) >= 11 is 0. The van der Waals surface area contributed by atoms with Crippen LogP contribution in [-0.2, 0) is 0 Å². The van der Waals surface area contributed by atoms with Crippen molar-refractivity contribution in [3.05, 3.63) is 231 Å². The predicted molar refractivity (Wildman–Crippen MR) is 264 cm³/mol. The lowest BCUT2D eigenvalue weighted by atomic mass is 9.90. The van der Waals surface area contributed by atoms with Crippen LogP contribution in [0.1, 0.15) is 0 Å². The molecule has 0 saturated heterocycles. The van der Waals surface area contributed by atoms with Gasteiger partial charge in [0.15, 0.2) is 0 Å². The Bertz CT molecular complexity index is 3910. The summed E-state index contributed by atoms with van der Waals surface area (Å²) in [4.78, 5) is 0. The van der Waals surface area contributed by atoms with Crippen molar-refractivity contribution < 1.29 is 0 Å². The van der Waals surface area contributed by atoms with Gasteiger partial charge in [-0.1, -0.05) is 164 Å². The third-order valence-electron chi connectivity index (χ3n) is 13.1. The van der Waals surface area contributed by atoms with Gasteiger partial charge in [-0.2, -0.15) is 0 Å². The van der Waals surface area contributed by atoms with Gasteiger partial charge in [-0.25, -0.2) is 0 Å². The van der Waals surface area contributed by atoms with Crippen molar-refractivity contribution >= 4 is 75.9 Å². The summed E-state index contributed by atoms with van der Waals surface area (Å²) < 4.78 is 4.88. The molecule has 0 N–H and O–H groups in total. The number of nitrogens with zero attached hydrogens (tertiary/aromatic N) is 2. The maximum Gasteiger partial charge on any atom is 0.0547 e. The zero-order valence-corrected chi connectivity index (χ0v) is 33.8. The monoisotopic (exact) mass is 786 g/mol. The number of rotatable bonds is 5. The van der Waals surface area contributed by atoms with Crippen molar-refractivity contribution in [3.63, 3.8) is 0 Å². The molecule has 0 atom stereocenters. The molecule has 0 bridgehead atoms. The first-order chi connectivity index (χ1) is 30.8. The van der Waals surface area contributed by atoms with Crippen LogP contribution in [0.4, 0.5) is 0 Å². The van der Waals surface area contributed by atoms with Crippen molar-refractivity contribution in [3.8, 4) is 44.8 Å². The number of benzene rings is 11. The molecule has 2 heterocycles. The largest absolute Gasteiger partial charge is 0.309 e. The van der Waals surface area contributed by atoms with E-state index in [1.165, 1.54) is 121 Å². The van der Waals surface area contributed by atoms with E-state index in [2.05, 4.69) is 240 Å². The second kappa shape index (κ2) is 13.7. The summed E-state index contributed by atoms with van der Waals surface area (Å²) in [6.45, 7) is 0. The number of para-hydroxylation sites is 3. The lowest BCUT2D eigenvalue weighted by Crippen LogP contribution is -1.97. The first-order valence-electron chi connectivity index (χ1n) is 21.4. The fourth-order valence-electron chi connectivity index (χ4n) is 10.3. The summed E-state index contributed by atoms with van der Waals surface area (Å²) in [5, 5.41) is 12.6. The van der Waals surface area contributed by atoms with Gasteiger partial charge in [0.2, 0.25) is 0 Å². The van der Waals surface area contributed by atoms with Gasteiger partial charge in [0.05, 0.1) is 27.8 Å². The molecule has 0 amide bonds. The fourth-order valence-corrected chi connectivity index (χ4v) is 10.3. The molecule has 0 unspecified atom stereocenters. The summed E-state index contributed by atoms with van der Waals surface area (Å²) in [6, 6.07) is 84.8. The molecule has 2 heteroatoms.